The van der Waals surface area contributed by atoms with Crippen LogP contribution in [0.2, 0.25) is 0 Å². The molecule has 1 amide bonds. The molecule has 1 atom stereocenters. The van der Waals surface area contributed by atoms with Gasteiger partial charge in [-0.15, -0.1) is 0 Å². The monoisotopic (exact) mass is 272 g/mol. The van der Waals surface area contributed by atoms with Crippen LogP contribution in [0, 0.1) is 23.2 Å². The first-order valence-electron chi connectivity index (χ1n) is 7.07. The molecule has 1 aromatic carbocycles. The van der Waals surface area contributed by atoms with E-state index in [1.165, 1.54) is 0 Å². The molecular weight excluding hydrogens is 252 g/mol. The van der Waals surface area contributed by atoms with E-state index in [4.69, 9.17) is 5.11 Å². The summed E-state index contributed by atoms with van der Waals surface area (Å²) in [5.74, 6) is -0.385. The summed E-state index contributed by atoms with van der Waals surface area (Å²) in [6.45, 7) is 1.49. The highest BCUT2D eigenvalue weighted by Crippen LogP contribution is 2.19. The number of aliphatic hydroxyl groups is 1. The summed E-state index contributed by atoms with van der Waals surface area (Å²) in [6.07, 6.45) is 2.12. The molecule has 0 saturated carbocycles. The van der Waals surface area contributed by atoms with Crippen molar-refractivity contribution in [2.24, 2.45) is 11.8 Å². The average Bonchev–Trinajstić information content (AvgIpc) is 2.53. The van der Waals surface area contributed by atoms with Gasteiger partial charge in [0.2, 0.25) is 5.91 Å². The highest BCUT2D eigenvalue weighted by atomic mass is 16.3. The molecule has 1 aromatic rings. The van der Waals surface area contributed by atoms with E-state index in [1.54, 1.807) is 4.90 Å². The molecular formula is C16H20N2O2. The van der Waals surface area contributed by atoms with Crippen molar-refractivity contribution in [2.45, 2.75) is 19.3 Å². The van der Waals surface area contributed by atoms with Crippen LogP contribution in [0.1, 0.15) is 18.4 Å². The summed E-state index contributed by atoms with van der Waals surface area (Å²) in [5, 5.41) is 18.4. The number of likely N-dealkylation sites (tertiary alicyclic amines) is 1. The van der Waals surface area contributed by atoms with Crippen LogP contribution in [0.25, 0.3) is 0 Å². The molecule has 0 aromatic heterocycles. The fraction of sp³-hybridized carbons (Fsp3) is 0.500. The molecule has 1 saturated heterocycles. The molecule has 1 N–H and O–H groups in total. The zero-order chi connectivity index (χ0) is 14.4. The van der Waals surface area contributed by atoms with Gasteiger partial charge in [-0.05, 0) is 30.7 Å². The second-order valence-corrected chi connectivity index (χ2v) is 5.32. The van der Waals surface area contributed by atoms with E-state index in [9.17, 15) is 10.1 Å². The van der Waals surface area contributed by atoms with E-state index < -0.39 is 5.92 Å². The molecule has 1 unspecified atom stereocenters. The van der Waals surface area contributed by atoms with Gasteiger partial charge in [0.05, 0.1) is 6.07 Å². The molecule has 0 aliphatic carbocycles. The van der Waals surface area contributed by atoms with E-state index in [-0.39, 0.29) is 12.5 Å². The number of carbonyl (C=O) groups excluding carboxylic acids is 1. The third kappa shape index (κ3) is 3.58. The van der Waals surface area contributed by atoms with Gasteiger partial charge < -0.3 is 10.0 Å². The molecule has 1 aliphatic rings. The Balaban J connectivity index is 1.95. The van der Waals surface area contributed by atoms with E-state index in [0.717, 1.165) is 18.4 Å². The maximum absolute atomic E-state index is 12.4. The predicted molar refractivity (Wildman–Crippen MR) is 75.6 cm³/mol. The molecule has 0 spiro atoms. The number of rotatable bonds is 4. The molecule has 1 fully saturated rings. The van der Waals surface area contributed by atoms with Gasteiger partial charge in [0.1, 0.15) is 5.92 Å². The van der Waals surface area contributed by atoms with Gasteiger partial charge in [-0.1, -0.05) is 30.3 Å². The van der Waals surface area contributed by atoms with E-state index in [1.807, 2.05) is 30.3 Å². The molecule has 20 heavy (non-hydrogen) atoms. The second kappa shape index (κ2) is 7.06. The fourth-order valence-corrected chi connectivity index (χ4v) is 2.59. The number of hydrogen-bond acceptors (Lipinski definition) is 3. The summed E-state index contributed by atoms with van der Waals surface area (Å²) in [4.78, 5) is 14.1. The van der Waals surface area contributed by atoms with Gasteiger partial charge in [-0.2, -0.15) is 5.26 Å². The number of benzene rings is 1. The minimum absolute atomic E-state index is 0.0762. The smallest absolute Gasteiger partial charge is 0.240 e. The highest BCUT2D eigenvalue weighted by molar-refractivity contribution is 5.81. The van der Waals surface area contributed by atoms with Gasteiger partial charge in [0, 0.05) is 19.7 Å². The quantitative estimate of drug-likeness (QED) is 0.905. The van der Waals surface area contributed by atoms with Crippen molar-refractivity contribution in [1.29, 1.82) is 5.26 Å². The van der Waals surface area contributed by atoms with Crippen LogP contribution in [0.15, 0.2) is 30.3 Å². The zero-order valence-corrected chi connectivity index (χ0v) is 11.5. The molecule has 106 valence electrons. The Morgan fingerprint density at radius 1 is 1.35 bits per heavy atom. The van der Waals surface area contributed by atoms with Gasteiger partial charge >= 0.3 is 0 Å². The van der Waals surface area contributed by atoms with Crippen LogP contribution in [0.4, 0.5) is 0 Å². The Morgan fingerprint density at radius 2 is 2.00 bits per heavy atom. The van der Waals surface area contributed by atoms with Crippen LogP contribution < -0.4 is 0 Å². The summed E-state index contributed by atoms with van der Waals surface area (Å²) in [6, 6.07) is 11.8. The van der Waals surface area contributed by atoms with Crippen LogP contribution in [0.5, 0.6) is 0 Å². The maximum atomic E-state index is 12.4. The number of nitriles is 1. The number of piperidine rings is 1. The molecule has 4 heteroatoms. The zero-order valence-electron chi connectivity index (χ0n) is 11.5. The lowest BCUT2D eigenvalue weighted by molar-refractivity contribution is -0.135. The van der Waals surface area contributed by atoms with E-state index in [2.05, 4.69) is 6.07 Å². The molecule has 4 nitrogen and oxygen atoms in total. The van der Waals surface area contributed by atoms with Crippen LogP contribution in [-0.4, -0.2) is 35.6 Å². The first-order chi connectivity index (χ1) is 9.74. The maximum Gasteiger partial charge on any atom is 0.240 e. The number of amides is 1. The fourth-order valence-electron chi connectivity index (χ4n) is 2.59. The lowest BCUT2D eigenvalue weighted by Gasteiger charge is -2.32. The first-order valence-corrected chi connectivity index (χ1v) is 7.07. The van der Waals surface area contributed by atoms with Crippen molar-refractivity contribution in [1.82, 2.24) is 4.90 Å². The summed E-state index contributed by atoms with van der Waals surface area (Å²) < 4.78 is 0. The molecule has 1 aliphatic heterocycles. The molecule has 0 radical (unpaired) electrons. The van der Waals surface area contributed by atoms with Crippen molar-refractivity contribution in [3.63, 3.8) is 0 Å². The molecule has 0 bridgehead atoms. The Morgan fingerprint density at radius 3 is 2.55 bits per heavy atom. The van der Waals surface area contributed by atoms with Gasteiger partial charge in [0.15, 0.2) is 0 Å². The first kappa shape index (κ1) is 14.5. The summed E-state index contributed by atoms with van der Waals surface area (Å²) in [7, 11) is 0. The number of hydrogen-bond donors (Lipinski definition) is 1. The van der Waals surface area contributed by atoms with Gasteiger partial charge in [-0.25, -0.2) is 0 Å². The Kier molecular flexibility index (Phi) is 5.14. The lowest BCUT2D eigenvalue weighted by Crippen LogP contribution is -2.42. The number of aliphatic hydroxyl groups excluding tert-OH is 1. The molecule has 1 heterocycles. The normalized spacial score (nSPS) is 17.5. The van der Waals surface area contributed by atoms with E-state index >= 15 is 0 Å². The second-order valence-electron chi connectivity index (χ2n) is 5.32. The average molecular weight is 272 g/mol. The van der Waals surface area contributed by atoms with Crippen molar-refractivity contribution in [2.75, 3.05) is 19.7 Å². The van der Waals surface area contributed by atoms with Crippen molar-refractivity contribution < 1.29 is 9.90 Å². The third-order valence-electron chi connectivity index (χ3n) is 3.92. The van der Waals surface area contributed by atoms with Crippen LogP contribution in [-0.2, 0) is 11.2 Å². The summed E-state index contributed by atoms with van der Waals surface area (Å²) >= 11 is 0. The Hall–Kier alpha value is -1.86. The van der Waals surface area contributed by atoms with Crippen molar-refractivity contribution in [3.05, 3.63) is 35.9 Å². The standard InChI is InChI=1S/C16H20N2O2/c17-11-15(10-13-4-2-1-3-5-13)16(20)18-8-6-14(12-19)7-9-18/h1-5,14-15,19H,6-10,12H2. The van der Waals surface area contributed by atoms with Gasteiger partial charge in [0.25, 0.3) is 0 Å². The van der Waals surface area contributed by atoms with Crippen LogP contribution >= 0.6 is 0 Å². The Labute approximate surface area is 119 Å². The largest absolute Gasteiger partial charge is 0.396 e. The molecule has 2 rings (SSSR count). The van der Waals surface area contributed by atoms with Gasteiger partial charge in [-0.3, -0.25) is 4.79 Å². The number of carbonyl (C=O) groups is 1. The Bertz CT molecular complexity index is 473. The summed E-state index contributed by atoms with van der Waals surface area (Å²) in [5.41, 5.74) is 1.01. The number of nitrogens with zero attached hydrogens (tertiary/aromatic N) is 2. The van der Waals surface area contributed by atoms with E-state index in [0.29, 0.717) is 25.4 Å². The third-order valence-corrected chi connectivity index (χ3v) is 3.92. The highest BCUT2D eigenvalue weighted by Gasteiger charge is 2.28. The van der Waals surface area contributed by atoms with Crippen molar-refractivity contribution >= 4 is 5.91 Å². The lowest BCUT2D eigenvalue weighted by atomic mass is 9.94. The van der Waals surface area contributed by atoms with Crippen molar-refractivity contribution in [3.8, 4) is 6.07 Å². The topological polar surface area (TPSA) is 64.3 Å². The van der Waals surface area contributed by atoms with Crippen LogP contribution in [0.3, 0.4) is 0 Å². The SMILES string of the molecule is N#CC(Cc1ccccc1)C(=O)N1CCC(CO)CC1. The minimum Gasteiger partial charge on any atom is -0.396 e. The predicted octanol–water partition coefficient (Wildman–Crippen LogP) is 1.60. The minimum atomic E-state index is -0.608.